The maximum atomic E-state index is 3.72. The van der Waals surface area contributed by atoms with Crippen LogP contribution in [0.2, 0.25) is 0 Å². The summed E-state index contributed by atoms with van der Waals surface area (Å²) in [5.74, 6) is 0. The molecule has 0 aliphatic heterocycles. The Morgan fingerprint density at radius 1 is 0.347 bits per heavy atom. The van der Waals surface area contributed by atoms with Crippen LogP contribution in [0.5, 0.6) is 0 Å². The van der Waals surface area contributed by atoms with Crippen LogP contribution in [0.3, 0.4) is 0 Å². The molecule has 1 N–H and O–H groups in total. The van der Waals surface area contributed by atoms with Gasteiger partial charge in [0.2, 0.25) is 0 Å². The van der Waals surface area contributed by atoms with Gasteiger partial charge in [-0.15, -0.1) is 0 Å². The van der Waals surface area contributed by atoms with E-state index in [0.29, 0.717) is 0 Å². The van der Waals surface area contributed by atoms with Gasteiger partial charge in [-0.3, -0.25) is 0 Å². The Labute approximate surface area is 422 Å². The number of hydrogen-bond donors (Lipinski definition) is 1. The van der Waals surface area contributed by atoms with Gasteiger partial charge < -0.3 is 19.2 Å². The first-order chi connectivity index (χ1) is 34.6. The van der Waals surface area contributed by atoms with Crippen LogP contribution in [0.25, 0.3) is 87.1 Å². The Morgan fingerprint density at radius 3 is 1.49 bits per heavy atom. The van der Waals surface area contributed by atoms with E-state index in [2.05, 4.69) is 276 Å². The second-order valence-corrected chi connectivity index (χ2v) is 23.3. The van der Waals surface area contributed by atoms with E-state index in [1.165, 1.54) is 98.1 Å². The van der Waals surface area contributed by atoms with Crippen molar-refractivity contribution in [3.05, 3.63) is 211 Å². The highest BCUT2D eigenvalue weighted by Crippen LogP contribution is 2.49. The Bertz CT molecular complexity index is 4190. The molecule has 0 spiro atoms. The molecule has 13 rings (SSSR count). The lowest BCUT2D eigenvalue weighted by atomic mass is 9.86. The summed E-state index contributed by atoms with van der Waals surface area (Å²) in [5.41, 5.74) is 17.0. The van der Waals surface area contributed by atoms with E-state index in [4.69, 9.17) is 0 Å². The van der Waals surface area contributed by atoms with Crippen molar-refractivity contribution in [2.75, 3.05) is 10.2 Å². The van der Waals surface area contributed by atoms with Gasteiger partial charge in [-0.1, -0.05) is 147 Å². The van der Waals surface area contributed by atoms with Crippen molar-refractivity contribution < 1.29 is 0 Å². The molecule has 0 saturated carbocycles. The Morgan fingerprint density at radius 2 is 0.861 bits per heavy atom. The Kier molecular flexibility index (Phi) is 9.58. The van der Waals surface area contributed by atoms with Gasteiger partial charge in [-0.2, -0.15) is 0 Å². The summed E-state index contributed by atoms with van der Waals surface area (Å²) >= 11 is 0. The van der Waals surface area contributed by atoms with Crippen LogP contribution >= 0.6 is 0 Å². The molecule has 0 atom stereocenters. The average Bonchev–Trinajstić information content (AvgIpc) is 3.98. The van der Waals surface area contributed by atoms with E-state index in [-0.39, 0.29) is 16.2 Å². The molecule has 0 amide bonds. The molecule has 4 heteroatoms. The van der Waals surface area contributed by atoms with E-state index in [1.54, 1.807) is 0 Å². The van der Waals surface area contributed by atoms with E-state index in [9.17, 15) is 0 Å². The standard InChI is InChI=1S/C68H60N4/c1-66(2,3)46-21-28-49(29-22-46)69-50-27-19-42-37-56-57-41-62-63(55-17-13-14-18-59(55)71(62)51-15-11-10-12-16-51)64-58-38-43-20-30-54(36-45(43)40-61(58)72(65(57)64)60(56)39-44(42)35-50)70(52-31-23-47(24-32-52)67(4,5)6)53-33-25-48(26-34-53)68(7,8)9/h10-41,69H,1-9H3. The van der Waals surface area contributed by atoms with E-state index in [0.717, 1.165) is 34.1 Å². The topological polar surface area (TPSA) is 24.6 Å². The summed E-state index contributed by atoms with van der Waals surface area (Å²) < 4.78 is 5.05. The van der Waals surface area contributed by atoms with Crippen molar-refractivity contribution in [1.29, 1.82) is 0 Å². The van der Waals surface area contributed by atoms with E-state index in [1.807, 2.05) is 0 Å². The summed E-state index contributed by atoms with van der Waals surface area (Å²) in [6, 6.07) is 73.1. The second-order valence-electron chi connectivity index (χ2n) is 23.3. The number of rotatable bonds is 6. The van der Waals surface area contributed by atoms with Crippen molar-refractivity contribution in [2.45, 2.75) is 78.6 Å². The molecule has 0 aliphatic carbocycles. The number of nitrogens with zero attached hydrogens (tertiary/aromatic N) is 3. The number of nitrogens with one attached hydrogen (secondary N) is 1. The van der Waals surface area contributed by atoms with Crippen LogP contribution in [0.4, 0.5) is 28.4 Å². The molecule has 0 aliphatic rings. The summed E-state index contributed by atoms with van der Waals surface area (Å²) in [4.78, 5) is 2.42. The highest BCUT2D eigenvalue weighted by molar-refractivity contribution is 6.37. The van der Waals surface area contributed by atoms with E-state index >= 15 is 0 Å². The molecule has 13 aromatic rings. The lowest BCUT2D eigenvalue weighted by molar-refractivity contribution is 0.590. The largest absolute Gasteiger partial charge is 0.356 e. The normalized spacial score (nSPS) is 12.8. The first-order valence-electron chi connectivity index (χ1n) is 25.6. The lowest BCUT2D eigenvalue weighted by Crippen LogP contribution is -2.14. The first-order valence-corrected chi connectivity index (χ1v) is 25.6. The van der Waals surface area contributed by atoms with Gasteiger partial charge in [0.25, 0.3) is 0 Å². The minimum atomic E-state index is 0.0547. The van der Waals surface area contributed by atoms with Crippen molar-refractivity contribution in [2.24, 2.45) is 0 Å². The minimum absolute atomic E-state index is 0.0547. The molecule has 0 radical (unpaired) electrons. The Balaban J connectivity index is 1.07. The third-order valence-electron chi connectivity index (χ3n) is 15.4. The van der Waals surface area contributed by atoms with Crippen molar-refractivity contribution in [3.63, 3.8) is 0 Å². The monoisotopic (exact) mass is 932 g/mol. The summed E-state index contributed by atoms with van der Waals surface area (Å²) in [6.07, 6.45) is 0. The lowest BCUT2D eigenvalue weighted by Gasteiger charge is -2.28. The molecule has 10 aromatic carbocycles. The molecule has 0 saturated heterocycles. The smallest absolute Gasteiger partial charge is 0.0628 e. The molecule has 3 aromatic heterocycles. The van der Waals surface area contributed by atoms with Crippen molar-refractivity contribution in [3.8, 4) is 5.69 Å². The maximum absolute atomic E-state index is 3.72. The maximum Gasteiger partial charge on any atom is 0.0628 e. The van der Waals surface area contributed by atoms with Crippen LogP contribution in [-0.2, 0) is 16.2 Å². The zero-order chi connectivity index (χ0) is 49.4. The zero-order valence-corrected chi connectivity index (χ0v) is 42.8. The third-order valence-corrected chi connectivity index (χ3v) is 15.4. The van der Waals surface area contributed by atoms with Crippen LogP contribution in [0.15, 0.2) is 194 Å². The summed E-state index contributed by atoms with van der Waals surface area (Å²) in [7, 11) is 0. The number of anilines is 5. The second kappa shape index (κ2) is 15.7. The van der Waals surface area contributed by atoms with Gasteiger partial charge in [0.15, 0.2) is 0 Å². The highest BCUT2D eigenvalue weighted by Gasteiger charge is 2.26. The molecule has 352 valence electrons. The highest BCUT2D eigenvalue weighted by atomic mass is 15.1. The number of fused-ring (bicyclic) bond motifs is 12. The van der Waals surface area contributed by atoms with E-state index < -0.39 is 0 Å². The molecule has 0 unspecified atom stereocenters. The van der Waals surface area contributed by atoms with Gasteiger partial charge in [0, 0.05) is 66.4 Å². The SMILES string of the molecule is CC(C)(C)c1ccc(Nc2ccc3cc4c5cc6c(c7ccccc7n6-c6ccccc6)c6c7cc8ccc(N(c9ccc(C(C)(C)C)cc9)c9ccc(C(C)(C)C)cc9)cc8cc7n(c4cc3c2)c56)cc1. The first kappa shape index (κ1) is 43.9. The molecule has 4 nitrogen and oxygen atoms in total. The van der Waals surface area contributed by atoms with Crippen molar-refractivity contribution in [1.82, 2.24) is 8.97 Å². The molecule has 0 fully saturated rings. The number of hydrogen-bond acceptors (Lipinski definition) is 2. The molecule has 3 heterocycles. The fourth-order valence-corrected chi connectivity index (χ4v) is 11.5. The van der Waals surface area contributed by atoms with Gasteiger partial charge in [0.05, 0.1) is 27.6 Å². The predicted molar refractivity (Wildman–Crippen MR) is 311 cm³/mol. The van der Waals surface area contributed by atoms with Gasteiger partial charge >= 0.3 is 0 Å². The van der Waals surface area contributed by atoms with Gasteiger partial charge in [-0.25, -0.2) is 0 Å². The quantitative estimate of drug-likeness (QED) is 0.180. The summed E-state index contributed by atoms with van der Waals surface area (Å²) in [6.45, 7) is 20.5. The molecular formula is C68H60N4. The van der Waals surface area contributed by atoms with Crippen LogP contribution in [-0.4, -0.2) is 8.97 Å². The van der Waals surface area contributed by atoms with Gasteiger partial charge in [-0.05, 0) is 164 Å². The van der Waals surface area contributed by atoms with Crippen LogP contribution in [0.1, 0.15) is 79.0 Å². The molecule has 0 bridgehead atoms. The Hall–Kier alpha value is -8.08. The third kappa shape index (κ3) is 7.02. The minimum Gasteiger partial charge on any atom is -0.356 e. The predicted octanol–water partition coefficient (Wildman–Crippen LogP) is 19.3. The summed E-state index contributed by atoms with van der Waals surface area (Å²) in [5, 5.41) is 16.2. The number of benzene rings is 10. The number of para-hydroxylation sites is 2. The van der Waals surface area contributed by atoms with Gasteiger partial charge in [0.1, 0.15) is 0 Å². The van der Waals surface area contributed by atoms with Crippen molar-refractivity contribution >= 4 is 110 Å². The zero-order valence-electron chi connectivity index (χ0n) is 42.8. The fraction of sp³-hybridized carbons (Fsp3) is 0.176. The van der Waals surface area contributed by atoms with Crippen LogP contribution < -0.4 is 10.2 Å². The molecular weight excluding hydrogens is 873 g/mol. The average molecular weight is 933 g/mol. The fourth-order valence-electron chi connectivity index (χ4n) is 11.5. The number of aromatic nitrogens is 2. The van der Waals surface area contributed by atoms with Crippen LogP contribution in [0, 0.1) is 0 Å². The molecule has 72 heavy (non-hydrogen) atoms.